The molecule has 0 bridgehead atoms. The van der Waals surface area contributed by atoms with E-state index in [0.717, 1.165) is 23.8 Å². The van der Waals surface area contributed by atoms with Crippen LogP contribution in [0.15, 0.2) is 48.0 Å². The third-order valence-electron chi connectivity index (χ3n) is 7.01. The van der Waals surface area contributed by atoms with Gasteiger partial charge in [0, 0.05) is 41.1 Å². The van der Waals surface area contributed by atoms with Gasteiger partial charge in [-0.3, -0.25) is 9.36 Å². The maximum absolute atomic E-state index is 14.3. The second-order valence-corrected chi connectivity index (χ2v) is 11.9. The molecule has 1 saturated heterocycles. The number of ether oxygens (including phenoxy) is 2. The van der Waals surface area contributed by atoms with Crippen LogP contribution >= 0.6 is 11.3 Å². The van der Waals surface area contributed by atoms with Gasteiger partial charge in [-0.15, -0.1) is 11.3 Å². The highest BCUT2D eigenvalue weighted by atomic mass is 32.1. The first-order valence-electron chi connectivity index (χ1n) is 13.4. The van der Waals surface area contributed by atoms with E-state index in [4.69, 9.17) is 9.47 Å². The summed E-state index contributed by atoms with van der Waals surface area (Å²) in [5, 5.41) is 17.0. The highest BCUT2D eigenvalue weighted by Crippen LogP contribution is 2.36. The molecular weight excluding hydrogens is 547 g/mol. The Balaban J connectivity index is 1.33. The number of aromatic nitrogens is 2. The topological polar surface area (TPSA) is 106 Å². The van der Waals surface area contributed by atoms with E-state index in [1.165, 1.54) is 28.0 Å². The van der Waals surface area contributed by atoms with Gasteiger partial charge < -0.3 is 24.8 Å². The third kappa shape index (κ3) is 6.30. The number of thiazole rings is 1. The molecule has 0 saturated carbocycles. The van der Waals surface area contributed by atoms with Gasteiger partial charge in [0.25, 0.3) is 5.91 Å². The standard InChI is InChI=1S/C30H33FN4O5S/c1-30(2,3)40-29(38)34-12-5-6-18(11-13-34)22-10-8-20(31)14-24(22)32-26(36)25-17-41-28(33-25)35-16-19-7-9-21(39-4)15-23(19)27(35)37/h7-10,14-18,37H,5-6,11-13H2,1-4H3,(H,32,36). The molecule has 5 rings (SSSR count). The maximum Gasteiger partial charge on any atom is 0.410 e. The number of aromatic hydroxyl groups is 1. The molecule has 2 N–H and O–H groups in total. The summed E-state index contributed by atoms with van der Waals surface area (Å²) in [6.45, 7) is 6.59. The Morgan fingerprint density at radius 1 is 1.15 bits per heavy atom. The molecule has 1 aliphatic heterocycles. The van der Waals surface area contributed by atoms with E-state index >= 15 is 0 Å². The van der Waals surface area contributed by atoms with Crippen molar-refractivity contribution in [3.05, 3.63) is 65.0 Å². The van der Waals surface area contributed by atoms with Gasteiger partial charge in [-0.2, -0.15) is 0 Å². The first-order valence-corrected chi connectivity index (χ1v) is 14.3. The van der Waals surface area contributed by atoms with Crippen LogP contribution in [-0.2, 0) is 4.74 Å². The van der Waals surface area contributed by atoms with E-state index in [9.17, 15) is 19.1 Å². The molecule has 2 amide bonds. The number of nitrogens with zero attached hydrogens (tertiary/aromatic N) is 3. The van der Waals surface area contributed by atoms with Gasteiger partial charge in [0.1, 0.15) is 22.9 Å². The average Bonchev–Trinajstić information content (AvgIpc) is 3.44. The van der Waals surface area contributed by atoms with Crippen LogP contribution in [0.3, 0.4) is 0 Å². The molecule has 1 unspecified atom stereocenters. The zero-order valence-electron chi connectivity index (χ0n) is 23.4. The van der Waals surface area contributed by atoms with Gasteiger partial charge in [-0.1, -0.05) is 6.07 Å². The molecule has 3 heterocycles. The number of likely N-dealkylation sites (tertiary alicyclic amines) is 1. The first-order chi connectivity index (χ1) is 19.5. The third-order valence-corrected chi connectivity index (χ3v) is 7.85. The van der Waals surface area contributed by atoms with Crippen molar-refractivity contribution in [1.82, 2.24) is 14.5 Å². The van der Waals surface area contributed by atoms with E-state index < -0.39 is 17.3 Å². The summed E-state index contributed by atoms with van der Waals surface area (Å²) in [7, 11) is 1.56. The Kier molecular flexibility index (Phi) is 7.90. The minimum absolute atomic E-state index is 0.0126. The number of hydrogen-bond donors (Lipinski definition) is 2. The largest absolute Gasteiger partial charge is 0.497 e. The fraction of sp³-hybridized carbons (Fsp3) is 0.367. The fourth-order valence-corrected chi connectivity index (χ4v) is 5.80. The molecule has 41 heavy (non-hydrogen) atoms. The molecule has 1 fully saturated rings. The molecule has 2 aromatic heterocycles. The number of carbonyl (C=O) groups excluding carboxylic acids is 2. The first kappa shape index (κ1) is 28.4. The van der Waals surface area contributed by atoms with Crippen molar-refractivity contribution in [3.63, 3.8) is 0 Å². The molecule has 4 aromatic rings. The van der Waals surface area contributed by atoms with Gasteiger partial charge in [0.05, 0.1) is 7.11 Å². The summed E-state index contributed by atoms with van der Waals surface area (Å²) in [5.74, 6) is -0.332. The maximum atomic E-state index is 14.3. The van der Waals surface area contributed by atoms with Crippen molar-refractivity contribution in [3.8, 4) is 16.8 Å². The molecule has 0 aliphatic carbocycles. The number of methoxy groups -OCH3 is 1. The molecule has 0 radical (unpaired) electrons. The second kappa shape index (κ2) is 11.4. The number of fused-ring (bicyclic) bond motifs is 1. The zero-order chi connectivity index (χ0) is 29.3. The molecular formula is C30H33FN4O5S. The number of carbonyl (C=O) groups is 2. The highest BCUT2D eigenvalue weighted by molar-refractivity contribution is 7.12. The van der Waals surface area contributed by atoms with Gasteiger partial charge in [-0.05, 0) is 81.8 Å². The molecule has 216 valence electrons. The average molecular weight is 581 g/mol. The molecule has 2 aromatic carbocycles. The van der Waals surface area contributed by atoms with Gasteiger partial charge in [0.2, 0.25) is 5.88 Å². The number of rotatable bonds is 5. The fourth-order valence-electron chi connectivity index (χ4n) is 5.02. The van der Waals surface area contributed by atoms with Crippen molar-refractivity contribution >= 4 is 39.8 Å². The van der Waals surface area contributed by atoms with Crippen molar-refractivity contribution < 1.29 is 28.6 Å². The Hall–Kier alpha value is -4.12. The molecule has 0 spiro atoms. The van der Waals surface area contributed by atoms with Crippen LogP contribution in [0.1, 0.15) is 62.0 Å². The summed E-state index contributed by atoms with van der Waals surface area (Å²) in [4.78, 5) is 32.0. The molecule has 11 heteroatoms. The number of anilines is 1. The highest BCUT2D eigenvalue weighted by Gasteiger charge is 2.27. The Morgan fingerprint density at radius 2 is 1.95 bits per heavy atom. The summed E-state index contributed by atoms with van der Waals surface area (Å²) in [6, 6.07) is 9.76. The van der Waals surface area contributed by atoms with E-state index in [1.807, 2.05) is 26.8 Å². The van der Waals surface area contributed by atoms with Gasteiger partial charge >= 0.3 is 6.09 Å². The van der Waals surface area contributed by atoms with Crippen LogP contribution in [0.5, 0.6) is 11.6 Å². The lowest BCUT2D eigenvalue weighted by atomic mass is 9.90. The number of benzene rings is 2. The zero-order valence-corrected chi connectivity index (χ0v) is 24.3. The van der Waals surface area contributed by atoms with E-state index in [2.05, 4.69) is 10.3 Å². The van der Waals surface area contributed by atoms with Crippen molar-refractivity contribution in [2.75, 3.05) is 25.5 Å². The molecule has 9 nitrogen and oxygen atoms in total. The van der Waals surface area contributed by atoms with Crippen molar-refractivity contribution in [2.45, 2.75) is 51.6 Å². The SMILES string of the molecule is COc1ccc2cn(-c3nc(C(=O)Nc4cc(F)ccc4C4CCCN(C(=O)OC(C)(C)C)CC4)cs3)c(O)c2c1. The van der Waals surface area contributed by atoms with Crippen LogP contribution in [-0.4, -0.2) is 57.4 Å². The van der Waals surface area contributed by atoms with Crippen LogP contribution in [0.25, 0.3) is 15.9 Å². The normalized spacial score (nSPS) is 15.9. The van der Waals surface area contributed by atoms with E-state index in [-0.39, 0.29) is 23.6 Å². The van der Waals surface area contributed by atoms with Crippen molar-refractivity contribution in [2.24, 2.45) is 0 Å². The minimum Gasteiger partial charge on any atom is -0.497 e. The quantitative estimate of drug-likeness (QED) is 0.272. The Labute approximate surface area is 241 Å². The Bertz CT molecular complexity index is 1590. The minimum atomic E-state index is -0.576. The van der Waals surface area contributed by atoms with Gasteiger partial charge in [0.15, 0.2) is 5.13 Å². The van der Waals surface area contributed by atoms with Crippen LogP contribution in [0, 0.1) is 5.82 Å². The lowest BCUT2D eigenvalue weighted by molar-refractivity contribution is 0.0256. The van der Waals surface area contributed by atoms with Gasteiger partial charge in [-0.25, -0.2) is 14.2 Å². The summed E-state index contributed by atoms with van der Waals surface area (Å²) in [5.41, 5.74) is 0.756. The van der Waals surface area contributed by atoms with Crippen LogP contribution in [0.2, 0.25) is 0 Å². The number of hydrogen-bond acceptors (Lipinski definition) is 7. The summed E-state index contributed by atoms with van der Waals surface area (Å²) >= 11 is 1.20. The Morgan fingerprint density at radius 3 is 2.71 bits per heavy atom. The number of nitrogens with one attached hydrogen (secondary N) is 1. The summed E-state index contributed by atoms with van der Waals surface area (Å²) in [6.07, 6.45) is 3.58. The summed E-state index contributed by atoms with van der Waals surface area (Å²) < 4.78 is 26.6. The smallest absolute Gasteiger partial charge is 0.410 e. The number of amides is 2. The molecule has 1 aliphatic rings. The predicted molar refractivity (Wildman–Crippen MR) is 156 cm³/mol. The second-order valence-electron chi connectivity index (χ2n) is 11.1. The van der Waals surface area contributed by atoms with Crippen LogP contribution < -0.4 is 10.1 Å². The number of halogens is 1. The lowest BCUT2D eigenvalue weighted by Crippen LogP contribution is -2.37. The van der Waals surface area contributed by atoms with E-state index in [1.54, 1.807) is 41.8 Å². The van der Waals surface area contributed by atoms with Crippen molar-refractivity contribution in [1.29, 1.82) is 0 Å². The molecule has 1 atom stereocenters. The monoisotopic (exact) mass is 580 g/mol. The predicted octanol–water partition coefficient (Wildman–Crippen LogP) is 6.70. The van der Waals surface area contributed by atoms with E-state index in [0.29, 0.717) is 41.5 Å². The van der Waals surface area contributed by atoms with Crippen LogP contribution in [0.4, 0.5) is 14.9 Å². The lowest BCUT2D eigenvalue weighted by Gasteiger charge is -2.26.